The third kappa shape index (κ3) is 3.48. The van der Waals surface area contributed by atoms with Crippen LogP contribution in [0.3, 0.4) is 0 Å². The molecule has 184 valence electrons. The summed E-state index contributed by atoms with van der Waals surface area (Å²) in [5.74, 6) is -4.90. The second-order valence-corrected chi connectivity index (χ2v) is 9.82. The van der Waals surface area contributed by atoms with Gasteiger partial charge in [-0.25, -0.2) is 4.90 Å². The van der Waals surface area contributed by atoms with E-state index >= 15 is 0 Å². The lowest BCUT2D eigenvalue weighted by atomic mass is 9.64. The predicted octanol–water partition coefficient (Wildman–Crippen LogP) is 5.08. The SMILES string of the molecule is Cc1ccc2c(c1)OC(=O)[C@@H]1C2=C[C@H](c2ccccc2)[C@H]2C(=O)N(c3cc([N+](=O)[O-])ccc3Cl)C(=O)[C@H]12. The second kappa shape index (κ2) is 8.38. The fourth-order valence-electron chi connectivity index (χ4n) is 5.69. The molecule has 9 heteroatoms. The summed E-state index contributed by atoms with van der Waals surface area (Å²) in [6, 6.07) is 18.4. The van der Waals surface area contributed by atoms with Crippen LogP contribution >= 0.6 is 11.6 Å². The van der Waals surface area contributed by atoms with Gasteiger partial charge in [0.15, 0.2) is 0 Å². The summed E-state index contributed by atoms with van der Waals surface area (Å²) in [6.07, 6.45) is 1.89. The molecule has 0 bridgehead atoms. The predicted molar refractivity (Wildman–Crippen MR) is 135 cm³/mol. The molecular formula is C28H19ClN2O6. The number of carbonyl (C=O) groups excluding carboxylic acids is 3. The smallest absolute Gasteiger partial charge is 0.319 e. The lowest BCUT2D eigenvalue weighted by molar-refractivity contribution is -0.384. The number of benzene rings is 3. The first-order valence-electron chi connectivity index (χ1n) is 11.7. The molecule has 2 amide bonds. The van der Waals surface area contributed by atoms with Gasteiger partial charge < -0.3 is 4.74 Å². The molecule has 3 aromatic rings. The van der Waals surface area contributed by atoms with Gasteiger partial charge in [-0.1, -0.05) is 60.1 Å². The fraction of sp³-hybridized carbons (Fsp3) is 0.179. The Morgan fingerprint density at radius 3 is 2.41 bits per heavy atom. The summed E-state index contributed by atoms with van der Waals surface area (Å²) >= 11 is 6.34. The van der Waals surface area contributed by atoms with Crippen LogP contribution in [0.1, 0.15) is 22.6 Å². The zero-order valence-electron chi connectivity index (χ0n) is 19.5. The number of esters is 1. The van der Waals surface area contributed by atoms with E-state index in [9.17, 15) is 24.5 Å². The summed E-state index contributed by atoms with van der Waals surface area (Å²) in [7, 11) is 0. The maximum absolute atomic E-state index is 14.0. The molecule has 1 fully saturated rings. The van der Waals surface area contributed by atoms with E-state index in [1.54, 1.807) is 6.07 Å². The van der Waals surface area contributed by atoms with Crippen LogP contribution in [0, 0.1) is 34.8 Å². The van der Waals surface area contributed by atoms with Gasteiger partial charge in [0.25, 0.3) is 5.69 Å². The highest BCUT2D eigenvalue weighted by atomic mass is 35.5. The molecule has 37 heavy (non-hydrogen) atoms. The Morgan fingerprint density at radius 2 is 1.68 bits per heavy atom. The van der Waals surface area contributed by atoms with Crippen molar-refractivity contribution in [2.45, 2.75) is 12.8 Å². The van der Waals surface area contributed by atoms with Gasteiger partial charge in [-0.05, 0) is 35.8 Å². The average Bonchev–Trinajstić information content (AvgIpc) is 3.14. The van der Waals surface area contributed by atoms with Crippen LogP contribution in [-0.2, 0) is 14.4 Å². The number of nitrogens with zero attached hydrogens (tertiary/aromatic N) is 2. The molecular weight excluding hydrogens is 496 g/mol. The minimum atomic E-state index is -1.06. The number of aryl methyl sites for hydroxylation is 1. The van der Waals surface area contributed by atoms with Crippen LogP contribution in [0.25, 0.3) is 5.57 Å². The van der Waals surface area contributed by atoms with Gasteiger partial charge in [-0.15, -0.1) is 0 Å². The maximum atomic E-state index is 14.0. The maximum Gasteiger partial charge on any atom is 0.319 e. The zero-order chi connectivity index (χ0) is 26.0. The van der Waals surface area contributed by atoms with Crippen LogP contribution in [0.2, 0.25) is 5.02 Å². The number of carbonyl (C=O) groups is 3. The number of rotatable bonds is 3. The molecule has 8 nitrogen and oxygen atoms in total. The number of anilines is 1. The van der Waals surface area contributed by atoms with Crippen LogP contribution in [0.15, 0.2) is 72.8 Å². The first-order valence-corrected chi connectivity index (χ1v) is 12.0. The minimum absolute atomic E-state index is 0.0161. The van der Waals surface area contributed by atoms with Crippen LogP contribution in [0.5, 0.6) is 5.75 Å². The molecule has 0 aromatic heterocycles. The van der Waals surface area contributed by atoms with E-state index in [0.717, 1.165) is 22.1 Å². The van der Waals surface area contributed by atoms with Gasteiger partial charge in [0, 0.05) is 23.6 Å². The number of fused-ring (bicyclic) bond motifs is 5. The quantitative estimate of drug-likeness (QED) is 0.159. The topological polar surface area (TPSA) is 107 Å². The number of nitro groups is 1. The Balaban J connectivity index is 1.55. The van der Waals surface area contributed by atoms with E-state index in [4.69, 9.17) is 16.3 Å². The number of amides is 2. The van der Waals surface area contributed by atoms with E-state index in [2.05, 4.69) is 0 Å². The van der Waals surface area contributed by atoms with Crippen molar-refractivity contribution in [1.82, 2.24) is 0 Å². The van der Waals surface area contributed by atoms with Crippen molar-refractivity contribution in [1.29, 1.82) is 0 Å². The van der Waals surface area contributed by atoms with Crippen molar-refractivity contribution in [2.75, 3.05) is 4.90 Å². The van der Waals surface area contributed by atoms with Crippen LogP contribution < -0.4 is 9.64 Å². The first kappa shape index (κ1) is 23.1. The summed E-state index contributed by atoms with van der Waals surface area (Å²) in [4.78, 5) is 52.9. The lowest BCUT2D eigenvalue weighted by Gasteiger charge is -2.38. The Kier molecular flexibility index (Phi) is 5.24. The Morgan fingerprint density at radius 1 is 0.946 bits per heavy atom. The Bertz CT molecular complexity index is 1550. The number of non-ortho nitro benzene ring substituents is 1. The van der Waals surface area contributed by atoms with Crippen molar-refractivity contribution in [3.8, 4) is 5.75 Å². The van der Waals surface area contributed by atoms with Crippen LogP contribution in [0.4, 0.5) is 11.4 Å². The molecule has 3 aliphatic rings. The van der Waals surface area contributed by atoms with Crippen molar-refractivity contribution in [3.63, 3.8) is 0 Å². The van der Waals surface area contributed by atoms with Crippen LogP contribution in [-0.4, -0.2) is 22.7 Å². The fourth-order valence-corrected chi connectivity index (χ4v) is 5.89. The summed E-state index contributed by atoms with van der Waals surface area (Å²) in [5, 5.41) is 11.4. The van der Waals surface area contributed by atoms with E-state index < -0.39 is 46.4 Å². The highest BCUT2D eigenvalue weighted by Crippen LogP contribution is 2.55. The summed E-state index contributed by atoms with van der Waals surface area (Å²) in [5.41, 5.74) is 2.67. The molecule has 3 aromatic carbocycles. The third-order valence-corrected chi connectivity index (χ3v) is 7.64. The van der Waals surface area contributed by atoms with Gasteiger partial charge in [-0.2, -0.15) is 0 Å². The standard InChI is InChI=1S/C28H19ClN2O6/c1-14-7-9-17-19-13-18(15-5-3-2-4-6-15)23-25(24(19)28(34)37-22(17)11-14)27(33)30(26(23)32)21-12-16(31(35)36)8-10-20(21)29/h2-13,18,23-25H,1H3/t18-,23-,24-,25+/m1/s1. The van der Waals surface area contributed by atoms with Crippen molar-refractivity contribution in [2.24, 2.45) is 17.8 Å². The van der Waals surface area contributed by atoms with Crippen molar-refractivity contribution < 1.29 is 24.0 Å². The second-order valence-electron chi connectivity index (χ2n) is 9.41. The molecule has 0 N–H and O–H groups in total. The summed E-state index contributed by atoms with van der Waals surface area (Å²) in [6.45, 7) is 1.89. The number of halogens is 1. The molecule has 2 heterocycles. The Labute approximate surface area is 216 Å². The van der Waals surface area contributed by atoms with E-state index in [1.165, 1.54) is 12.1 Å². The van der Waals surface area contributed by atoms with Gasteiger partial charge in [0.05, 0.1) is 33.4 Å². The molecule has 2 aliphatic heterocycles. The van der Waals surface area contributed by atoms with E-state index in [-0.39, 0.29) is 16.4 Å². The van der Waals surface area contributed by atoms with Gasteiger partial charge in [-0.3, -0.25) is 24.5 Å². The largest absolute Gasteiger partial charge is 0.425 e. The lowest BCUT2D eigenvalue weighted by Crippen LogP contribution is -2.42. The van der Waals surface area contributed by atoms with Gasteiger partial charge in [0.1, 0.15) is 5.75 Å². The molecule has 0 unspecified atom stereocenters. The monoisotopic (exact) mass is 514 g/mol. The van der Waals surface area contributed by atoms with E-state index in [1.807, 2.05) is 55.5 Å². The zero-order valence-corrected chi connectivity index (χ0v) is 20.2. The number of nitro benzene ring substituents is 1. The number of ether oxygens (including phenoxy) is 1. The van der Waals surface area contributed by atoms with E-state index in [0.29, 0.717) is 16.9 Å². The molecule has 1 saturated heterocycles. The Hall–Kier alpha value is -4.30. The highest BCUT2D eigenvalue weighted by molar-refractivity contribution is 6.36. The average molecular weight is 515 g/mol. The molecule has 0 spiro atoms. The first-order chi connectivity index (χ1) is 17.8. The highest BCUT2D eigenvalue weighted by Gasteiger charge is 2.60. The molecule has 4 atom stereocenters. The molecule has 0 saturated carbocycles. The van der Waals surface area contributed by atoms with Gasteiger partial charge >= 0.3 is 5.97 Å². The van der Waals surface area contributed by atoms with Gasteiger partial charge in [0.2, 0.25) is 11.8 Å². The molecule has 0 radical (unpaired) electrons. The molecule has 1 aliphatic carbocycles. The summed E-state index contributed by atoms with van der Waals surface area (Å²) < 4.78 is 5.65. The number of imide groups is 1. The molecule has 6 rings (SSSR count). The van der Waals surface area contributed by atoms with Crippen molar-refractivity contribution >= 4 is 46.3 Å². The number of hydrogen-bond acceptors (Lipinski definition) is 6. The normalized spacial score (nSPS) is 24.1. The number of hydrogen-bond donors (Lipinski definition) is 0. The number of allylic oxidation sites excluding steroid dienone is 1. The van der Waals surface area contributed by atoms with Crippen molar-refractivity contribution in [3.05, 3.63) is 105 Å². The minimum Gasteiger partial charge on any atom is -0.425 e. The third-order valence-electron chi connectivity index (χ3n) is 7.32.